The second-order valence-corrected chi connectivity index (χ2v) is 4.39. The van der Waals surface area contributed by atoms with Crippen LogP contribution in [0.2, 0.25) is 0 Å². The molecule has 3 nitrogen and oxygen atoms in total. The van der Waals surface area contributed by atoms with Crippen molar-refractivity contribution in [2.24, 2.45) is 5.73 Å². The Morgan fingerprint density at radius 3 is 2.16 bits per heavy atom. The van der Waals surface area contributed by atoms with Gasteiger partial charge in [-0.05, 0) is 23.8 Å². The molecular weight excluding hydrogens is 234 g/mol. The van der Waals surface area contributed by atoms with Crippen LogP contribution in [0, 0.1) is 0 Å². The molecule has 2 N–H and O–H groups in total. The average molecular weight is 249 g/mol. The minimum absolute atomic E-state index is 0.177. The minimum Gasteiger partial charge on any atom is -0.319 e. The molecule has 0 fully saturated rings. The van der Waals surface area contributed by atoms with E-state index in [2.05, 4.69) is 5.10 Å². The number of nitrogens with zero attached hydrogens (tertiary/aromatic N) is 2. The lowest BCUT2D eigenvalue weighted by Gasteiger charge is -2.14. The number of aromatic nitrogens is 2. The average Bonchev–Trinajstić information content (AvgIpc) is 2.98. The summed E-state index contributed by atoms with van der Waals surface area (Å²) in [6, 6.07) is 21.9. The van der Waals surface area contributed by atoms with Gasteiger partial charge in [-0.3, -0.25) is 0 Å². The van der Waals surface area contributed by atoms with Crippen LogP contribution < -0.4 is 5.73 Å². The van der Waals surface area contributed by atoms with E-state index in [1.54, 1.807) is 6.20 Å². The highest BCUT2D eigenvalue weighted by atomic mass is 15.3. The number of nitrogens with two attached hydrogens (primary N) is 1. The molecule has 2 aromatic carbocycles. The van der Waals surface area contributed by atoms with Crippen molar-refractivity contribution in [2.45, 2.75) is 6.04 Å². The van der Waals surface area contributed by atoms with E-state index >= 15 is 0 Å². The van der Waals surface area contributed by atoms with Crippen molar-refractivity contribution < 1.29 is 0 Å². The molecule has 0 aliphatic rings. The highest BCUT2D eigenvalue weighted by Crippen LogP contribution is 2.21. The third-order valence-electron chi connectivity index (χ3n) is 3.15. The quantitative estimate of drug-likeness (QED) is 0.775. The van der Waals surface area contributed by atoms with Gasteiger partial charge in [-0.1, -0.05) is 48.5 Å². The van der Waals surface area contributed by atoms with Crippen LogP contribution in [0.1, 0.15) is 17.3 Å². The van der Waals surface area contributed by atoms with Crippen molar-refractivity contribution in [2.75, 3.05) is 0 Å². The van der Waals surface area contributed by atoms with Gasteiger partial charge in [-0.15, -0.1) is 0 Å². The van der Waals surface area contributed by atoms with Gasteiger partial charge >= 0.3 is 0 Å². The van der Waals surface area contributed by atoms with Crippen LogP contribution in [0.25, 0.3) is 5.69 Å². The maximum Gasteiger partial charge on any atom is 0.0727 e. The van der Waals surface area contributed by atoms with E-state index in [1.807, 2.05) is 71.4 Å². The second-order valence-electron chi connectivity index (χ2n) is 4.39. The van der Waals surface area contributed by atoms with Crippen LogP contribution in [0.15, 0.2) is 72.9 Å². The smallest absolute Gasteiger partial charge is 0.0727 e. The van der Waals surface area contributed by atoms with E-state index in [-0.39, 0.29) is 6.04 Å². The van der Waals surface area contributed by atoms with Crippen molar-refractivity contribution >= 4 is 0 Å². The van der Waals surface area contributed by atoms with Gasteiger partial charge in [-0.2, -0.15) is 5.10 Å². The van der Waals surface area contributed by atoms with Crippen molar-refractivity contribution in [1.29, 1.82) is 0 Å². The third-order valence-corrected chi connectivity index (χ3v) is 3.15. The molecular formula is C16H15N3. The summed E-state index contributed by atoms with van der Waals surface area (Å²) in [7, 11) is 0. The molecule has 1 aromatic heterocycles. The van der Waals surface area contributed by atoms with Gasteiger partial charge < -0.3 is 5.73 Å². The Hall–Kier alpha value is -2.39. The Bertz CT molecular complexity index is 644. The van der Waals surface area contributed by atoms with Gasteiger partial charge in [0, 0.05) is 6.20 Å². The molecule has 1 heterocycles. The predicted molar refractivity (Wildman–Crippen MR) is 76.0 cm³/mol. The van der Waals surface area contributed by atoms with Crippen molar-refractivity contribution in [3.8, 4) is 5.69 Å². The zero-order chi connectivity index (χ0) is 13.1. The summed E-state index contributed by atoms with van der Waals surface area (Å²) in [6.45, 7) is 0. The Labute approximate surface area is 112 Å². The Kier molecular flexibility index (Phi) is 3.12. The Balaban J connectivity index is 2.01. The topological polar surface area (TPSA) is 43.8 Å². The minimum atomic E-state index is -0.177. The first kappa shape index (κ1) is 11.7. The molecule has 0 saturated heterocycles. The Morgan fingerprint density at radius 1 is 0.842 bits per heavy atom. The predicted octanol–water partition coefficient (Wildman–Crippen LogP) is 2.92. The lowest BCUT2D eigenvalue weighted by molar-refractivity contribution is 0.739. The van der Waals surface area contributed by atoms with Crippen LogP contribution in [0.3, 0.4) is 0 Å². The first-order valence-electron chi connectivity index (χ1n) is 6.26. The summed E-state index contributed by atoms with van der Waals surface area (Å²) >= 11 is 0. The molecule has 0 saturated carbocycles. The van der Waals surface area contributed by atoms with Gasteiger partial charge in [0.05, 0.1) is 17.4 Å². The third kappa shape index (κ3) is 2.28. The molecule has 0 aliphatic carbocycles. The van der Waals surface area contributed by atoms with Crippen LogP contribution in [0.4, 0.5) is 0 Å². The van der Waals surface area contributed by atoms with Crippen LogP contribution in [-0.4, -0.2) is 9.78 Å². The van der Waals surface area contributed by atoms with Crippen molar-refractivity contribution in [3.05, 3.63) is 84.2 Å². The molecule has 19 heavy (non-hydrogen) atoms. The summed E-state index contributed by atoms with van der Waals surface area (Å²) in [5, 5.41) is 4.37. The van der Waals surface area contributed by atoms with Gasteiger partial charge in [-0.25, -0.2) is 4.68 Å². The van der Waals surface area contributed by atoms with Gasteiger partial charge in [0.1, 0.15) is 0 Å². The normalized spacial score (nSPS) is 12.3. The number of rotatable bonds is 3. The molecule has 1 unspecified atom stereocenters. The molecule has 1 atom stereocenters. The summed E-state index contributed by atoms with van der Waals surface area (Å²) in [5.74, 6) is 0. The van der Waals surface area contributed by atoms with Gasteiger partial charge in [0.2, 0.25) is 0 Å². The molecule has 0 radical (unpaired) electrons. The van der Waals surface area contributed by atoms with Gasteiger partial charge in [0.25, 0.3) is 0 Å². The number of benzene rings is 2. The van der Waals surface area contributed by atoms with Gasteiger partial charge in [0.15, 0.2) is 0 Å². The summed E-state index contributed by atoms with van der Waals surface area (Å²) < 4.78 is 1.89. The maximum absolute atomic E-state index is 6.34. The number of para-hydroxylation sites is 1. The first-order chi connectivity index (χ1) is 9.36. The van der Waals surface area contributed by atoms with E-state index in [1.165, 1.54) is 0 Å². The van der Waals surface area contributed by atoms with E-state index < -0.39 is 0 Å². The Morgan fingerprint density at radius 2 is 1.47 bits per heavy atom. The zero-order valence-corrected chi connectivity index (χ0v) is 10.5. The highest BCUT2D eigenvalue weighted by Gasteiger charge is 2.14. The molecule has 0 amide bonds. The molecule has 0 bridgehead atoms. The van der Waals surface area contributed by atoms with E-state index in [0.29, 0.717) is 0 Å². The standard InChI is InChI=1S/C16H15N3/c17-16(13-7-3-1-4-8-13)15-11-12-18-19(15)14-9-5-2-6-10-14/h1-12,16H,17H2. The second kappa shape index (κ2) is 5.08. The summed E-state index contributed by atoms with van der Waals surface area (Å²) in [5.41, 5.74) is 9.43. The first-order valence-corrected chi connectivity index (χ1v) is 6.26. The van der Waals surface area contributed by atoms with Crippen LogP contribution in [-0.2, 0) is 0 Å². The molecule has 3 rings (SSSR count). The fourth-order valence-electron chi connectivity index (χ4n) is 2.17. The molecule has 0 aliphatic heterocycles. The van der Waals surface area contributed by atoms with Crippen LogP contribution in [0.5, 0.6) is 0 Å². The lowest BCUT2D eigenvalue weighted by atomic mass is 10.0. The fraction of sp³-hybridized carbons (Fsp3) is 0.0625. The maximum atomic E-state index is 6.34. The molecule has 0 spiro atoms. The molecule has 3 aromatic rings. The largest absolute Gasteiger partial charge is 0.319 e. The lowest BCUT2D eigenvalue weighted by Crippen LogP contribution is -2.16. The number of hydrogen-bond donors (Lipinski definition) is 1. The van der Waals surface area contributed by atoms with Crippen LogP contribution >= 0.6 is 0 Å². The van der Waals surface area contributed by atoms with E-state index in [9.17, 15) is 0 Å². The monoisotopic (exact) mass is 249 g/mol. The van der Waals surface area contributed by atoms with Crippen molar-refractivity contribution in [1.82, 2.24) is 9.78 Å². The summed E-state index contributed by atoms with van der Waals surface area (Å²) in [6.07, 6.45) is 1.78. The molecule has 3 heteroatoms. The highest BCUT2D eigenvalue weighted by molar-refractivity contribution is 5.36. The van der Waals surface area contributed by atoms with E-state index in [0.717, 1.165) is 16.9 Å². The summed E-state index contributed by atoms with van der Waals surface area (Å²) in [4.78, 5) is 0. The molecule has 94 valence electrons. The SMILES string of the molecule is NC(c1ccccc1)c1ccnn1-c1ccccc1. The number of hydrogen-bond acceptors (Lipinski definition) is 2. The fourth-order valence-corrected chi connectivity index (χ4v) is 2.17. The van der Waals surface area contributed by atoms with Crippen molar-refractivity contribution in [3.63, 3.8) is 0 Å². The van der Waals surface area contributed by atoms with E-state index in [4.69, 9.17) is 5.73 Å². The zero-order valence-electron chi connectivity index (χ0n) is 10.5.